The highest BCUT2D eigenvalue weighted by Gasteiger charge is 2.54. The summed E-state index contributed by atoms with van der Waals surface area (Å²) in [4.78, 5) is 43.5. The summed E-state index contributed by atoms with van der Waals surface area (Å²) < 4.78 is 59.0. The van der Waals surface area contributed by atoms with Crippen molar-refractivity contribution in [3.8, 4) is 0 Å². The van der Waals surface area contributed by atoms with E-state index in [0.717, 1.165) is 12.1 Å². The van der Waals surface area contributed by atoms with Crippen LogP contribution in [0.15, 0.2) is 72.8 Å². The Bertz CT molecular complexity index is 1480. The monoisotopic (exact) mass is 583 g/mol. The zero-order valence-corrected chi connectivity index (χ0v) is 22.8. The quantitative estimate of drug-likeness (QED) is 0.432. The number of amides is 3. The molecule has 0 saturated carbocycles. The zero-order valence-electron chi connectivity index (χ0n) is 22.8. The van der Waals surface area contributed by atoms with Gasteiger partial charge in [0.2, 0.25) is 5.91 Å². The van der Waals surface area contributed by atoms with E-state index >= 15 is 0 Å². The number of carbonyl (C=O) groups excluding carboxylic acids is 3. The largest absolute Gasteiger partial charge is 0.416 e. The summed E-state index contributed by atoms with van der Waals surface area (Å²) in [6.45, 7) is 1.96. The predicted molar refractivity (Wildman–Crippen MR) is 145 cm³/mol. The molecule has 1 spiro atoms. The van der Waals surface area contributed by atoms with Gasteiger partial charge in [0.15, 0.2) is 0 Å². The summed E-state index contributed by atoms with van der Waals surface area (Å²) >= 11 is 0. The molecule has 7 nitrogen and oxygen atoms in total. The van der Waals surface area contributed by atoms with Crippen LogP contribution >= 0.6 is 0 Å². The van der Waals surface area contributed by atoms with Crippen LogP contribution in [0, 0.1) is 12.7 Å². The van der Waals surface area contributed by atoms with E-state index in [1.54, 1.807) is 36.1 Å². The first kappa shape index (κ1) is 29.2. The van der Waals surface area contributed by atoms with Crippen molar-refractivity contribution < 1.29 is 36.7 Å². The van der Waals surface area contributed by atoms with E-state index in [2.05, 4.69) is 5.32 Å². The van der Waals surface area contributed by atoms with Gasteiger partial charge in [-0.1, -0.05) is 30.3 Å². The van der Waals surface area contributed by atoms with Crippen molar-refractivity contribution in [2.45, 2.75) is 44.3 Å². The first-order chi connectivity index (χ1) is 20.0. The number of hydrogen-bond donors (Lipinski definition) is 1. The molecular formula is C31H29F4N3O4. The van der Waals surface area contributed by atoms with Gasteiger partial charge in [-0.3, -0.25) is 19.3 Å². The van der Waals surface area contributed by atoms with Crippen molar-refractivity contribution >= 4 is 17.7 Å². The van der Waals surface area contributed by atoms with Gasteiger partial charge in [-0.05, 0) is 60.5 Å². The van der Waals surface area contributed by atoms with E-state index in [9.17, 15) is 31.9 Å². The minimum absolute atomic E-state index is 0.113. The molecule has 2 aliphatic heterocycles. The summed E-state index contributed by atoms with van der Waals surface area (Å²) in [5, 5.41) is 2.67. The molecule has 0 unspecified atom stereocenters. The average Bonchev–Trinajstić information content (AvgIpc) is 3.34. The van der Waals surface area contributed by atoms with Crippen molar-refractivity contribution in [3.05, 3.63) is 106 Å². The number of nitrogens with one attached hydrogen (secondary N) is 1. The van der Waals surface area contributed by atoms with Gasteiger partial charge in [0.1, 0.15) is 17.6 Å². The van der Waals surface area contributed by atoms with Crippen molar-refractivity contribution in [2.75, 3.05) is 19.7 Å². The molecule has 0 radical (unpaired) electrons. The number of halogens is 4. The number of piperidine rings is 1. The lowest BCUT2D eigenvalue weighted by atomic mass is 9.95. The van der Waals surface area contributed by atoms with Gasteiger partial charge in [0.05, 0.1) is 12.2 Å². The number of ether oxygens (including phenoxy) is 1. The molecule has 3 amide bonds. The van der Waals surface area contributed by atoms with Gasteiger partial charge in [0.25, 0.3) is 11.8 Å². The van der Waals surface area contributed by atoms with Crippen LogP contribution in [0.2, 0.25) is 0 Å². The van der Waals surface area contributed by atoms with Gasteiger partial charge < -0.3 is 15.0 Å². The van der Waals surface area contributed by atoms with E-state index in [1.807, 2.05) is 0 Å². The summed E-state index contributed by atoms with van der Waals surface area (Å²) in [5.74, 6) is -1.71. The topological polar surface area (TPSA) is 79.0 Å². The first-order valence-corrected chi connectivity index (χ1v) is 13.5. The highest BCUT2D eigenvalue weighted by atomic mass is 19.4. The lowest BCUT2D eigenvalue weighted by Gasteiger charge is -2.44. The molecule has 0 aliphatic carbocycles. The number of hydrogen-bond acceptors (Lipinski definition) is 4. The van der Waals surface area contributed by atoms with Crippen LogP contribution in [0.25, 0.3) is 0 Å². The second kappa shape index (κ2) is 11.6. The Hall–Kier alpha value is -4.25. The summed E-state index contributed by atoms with van der Waals surface area (Å²) in [7, 11) is 0. The van der Waals surface area contributed by atoms with Crippen LogP contribution in [-0.4, -0.2) is 59.0 Å². The number of nitrogens with zero attached hydrogens (tertiary/aromatic N) is 2. The molecule has 1 N–H and O–H groups in total. The second-order valence-corrected chi connectivity index (χ2v) is 10.5. The molecular weight excluding hydrogens is 554 g/mol. The zero-order chi connectivity index (χ0) is 30.1. The van der Waals surface area contributed by atoms with Crippen LogP contribution in [0.5, 0.6) is 0 Å². The SMILES string of the molecule is Cc1ccccc1C(=O)N1[C@@H](C(=O)NCc2cccc(C(F)(F)F)c2)COC12CCN(C(=O)c1ccc(F)cc1)CC2. The molecule has 2 aliphatic rings. The van der Waals surface area contributed by atoms with Gasteiger partial charge >= 0.3 is 6.18 Å². The van der Waals surface area contributed by atoms with Gasteiger partial charge in [-0.2, -0.15) is 13.2 Å². The lowest BCUT2D eigenvalue weighted by molar-refractivity contribution is -0.137. The molecule has 3 aromatic carbocycles. The highest BCUT2D eigenvalue weighted by Crippen LogP contribution is 2.39. The number of alkyl halides is 3. The normalized spacial score (nSPS) is 18.3. The van der Waals surface area contributed by atoms with Gasteiger partial charge in [-0.15, -0.1) is 0 Å². The Morgan fingerprint density at radius 2 is 1.64 bits per heavy atom. The van der Waals surface area contributed by atoms with Crippen molar-refractivity contribution in [1.82, 2.24) is 15.1 Å². The van der Waals surface area contributed by atoms with E-state index in [-0.39, 0.29) is 50.6 Å². The lowest BCUT2D eigenvalue weighted by Crippen LogP contribution is -2.59. The molecule has 0 aromatic heterocycles. The molecule has 1 atom stereocenters. The maximum absolute atomic E-state index is 14.0. The molecule has 2 fully saturated rings. The summed E-state index contributed by atoms with van der Waals surface area (Å²) in [6.07, 6.45) is -4.06. The molecule has 11 heteroatoms. The predicted octanol–water partition coefficient (Wildman–Crippen LogP) is 4.94. The third kappa shape index (κ3) is 5.87. The summed E-state index contributed by atoms with van der Waals surface area (Å²) in [6, 6.07) is 15.8. The van der Waals surface area contributed by atoms with Crippen LogP contribution < -0.4 is 5.32 Å². The molecule has 5 rings (SSSR count). The molecule has 220 valence electrons. The molecule has 42 heavy (non-hydrogen) atoms. The number of likely N-dealkylation sites (tertiary alicyclic amines) is 1. The summed E-state index contributed by atoms with van der Waals surface area (Å²) in [5.41, 5.74) is -0.303. The molecule has 2 heterocycles. The molecule has 0 bridgehead atoms. The maximum Gasteiger partial charge on any atom is 0.416 e. The standard InChI is InChI=1S/C31H29F4N3O4/c1-20-5-2-3-8-25(20)29(41)38-26(27(39)36-18-21-6-4-7-23(17-21)31(33,34)35)19-42-30(38)13-15-37(16-14-30)28(40)22-9-11-24(32)12-10-22/h2-12,17,26H,13-16,18-19H2,1H3,(H,36,39)/t26-/m1/s1. The van der Waals surface area contributed by atoms with Gasteiger partial charge in [-0.25, -0.2) is 4.39 Å². The fraction of sp³-hybridized carbons (Fsp3) is 0.323. The Morgan fingerprint density at radius 1 is 0.952 bits per heavy atom. The Kier molecular flexibility index (Phi) is 8.05. The Balaban J connectivity index is 1.36. The van der Waals surface area contributed by atoms with E-state index in [0.29, 0.717) is 16.7 Å². The van der Waals surface area contributed by atoms with Crippen LogP contribution in [0.4, 0.5) is 17.6 Å². The number of aryl methyl sites for hydroxylation is 1. The Morgan fingerprint density at radius 3 is 2.31 bits per heavy atom. The van der Waals surface area contributed by atoms with Crippen LogP contribution in [0.3, 0.4) is 0 Å². The van der Waals surface area contributed by atoms with Crippen LogP contribution in [0.1, 0.15) is 50.2 Å². The molecule has 2 saturated heterocycles. The fourth-order valence-corrected chi connectivity index (χ4v) is 5.51. The fourth-order valence-electron chi connectivity index (χ4n) is 5.51. The minimum Gasteiger partial charge on any atom is -0.353 e. The van der Waals surface area contributed by atoms with Gasteiger partial charge in [0, 0.05) is 43.6 Å². The van der Waals surface area contributed by atoms with Crippen molar-refractivity contribution in [3.63, 3.8) is 0 Å². The number of rotatable bonds is 5. The third-order valence-electron chi connectivity index (χ3n) is 7.80. The smallest absolute Gasteiger partial charge is 0.353 e. The van der Waals surface area contributed by atoms with E-state index in [4.69, 9.17) is 4.74 Å². The van der Waals surface area contributed by atoms with E-state index < -0.39 is 41.1 Å². The van der Waals surface area contributed by atoms with E-state index in [1.165, 1.54) is 41.3 Å². The third-order valence-corrected chi connectivity index (χ3v) is 7.80. The minimum atomic E-state index is -4.52. The molecule has 3 aromatic rings. The number of carbonyl (C=O) groups is 3. The second-order valence-electron chi connectivity index (χ2n) is 10.5. The first-order valence-electron chi connectivity index (χ1n) is 13.5. The van der Waals surface area contributed by atoms with Crippen molar-refractivity contribution in [2.24, 2.45) is 0 Å². The number of benzene rings is 3. The van der Waals surface area contributed by atoms with Crippen LogP contribution in [-0.2, 0) is 22.3 Å². The Labute approximate surface area is 240 Å². The average molecular weight is 584 g/mol. The highest BCUT2D eigenvalue weighted by molar-refractivity contribution is 5.99. The maximum atomic E-state index is 14.0. The van der Waals surface area contributed by atoms with Crippen molar-refractivity contribution in [1.29, 1.82) is 0 Å².